The van der Waals surface area contributed by atoms with Crippen LogP contribution in [-0.2, 0) is 0 Å². The van der Waals surface area contributed by atoms with E-state index in [-0.39, 0.29) is 0 Å². The normalized spacial score (nSPS) is 11.0. The minimum atomic E-state index is 0.722. The number of hydrogen-bond donors (Lipinski definition) is 0. The van der Waals surface area contributed by atoms with Gasteiger partial charge in [0.05, 0.1) is 11.2 Å². The third-order valence-electron chi connectivity index (χ3n) is 3.22. The molecule has 0 aliphatic rings. The Kier molecular flexibility index (Phi) is 2.39. The van der Waals surface area contributed by atoms with Crippen molar-refractivity contribution in [3.8, 4) is 11.4 Å². The lowest BCUT2D eigenvalue weighted by atomic mass is 10.1. The molecule has 3 aromatic heterocycles. The van der Waals surface area contributed by atoms with Crippen LogP contribution in [0.1, 0.15) is 0 Å². The van der Waals surface area contributed by atoms with E-state index >= 15 is 0 Å². The van der Waals surface area contributed by atoms with Crippen LogP contribution in [0.25, 0.3) is 33.3 Å². The second-order valence-corrected chi connectivity index (χ2v) is 4.54. The lowest BCUT2D eigenvalue weighted by Gasteiger charge is -2.02. The van der Waals surface area contributed by atoms with E-state index in [9.17, 15) is 0 Å². The molecule has 0 unspecified atom stereocenters. The van der Waals surface area contributed by atoms with Crippen LogP contribution in [0, 0.1) is 0 Å². The summed E-state index contributed by atoms with van der Waals surface area (Å²) in [5.74, 6) is 0. The van der Waals surface area contributed by atoms with Gasteiger partial charge in [-0.25, -0.2) is 9.97 Å². The van der Waals surface area contributed by atoms with Crippen LogP contribution in [0.3, 0.4) is 0 Å². The van der Waals surface area contributed by atoms with E-state index in [0.29, 0.717) is 0 Å². The van der Waals surface area contributed by atoms with Crippen molar-refractivity contribution < 1.29 is 0 Å². The Morgan fingerprint density at radius 3 is 2.60 bits per heavy atom. The van der Waals surface area contributed by atoms with Crippen LogP contribution in [0.2, 0.25) is 0 Å². The summed E-state index contributed by atoms with van der Waals surface area (Å²) >= 11 is 0. The Hall–Kier alpha value is -2.88. The van der Waals surface area contributed by atoms with Crippen LogP contribution >= 0.6 is 0 Å². The monoisotopic (exact) mass is 258 g/mol. The number of aromatic nitrogens is 4. The van der Waals surface area contributed by atoms with Gasteiger partial charge >= 0.3 is 0 Å². The van der Waals surface area contributed by atoms with Crippen LogP contribution in [0.15, 0.2) is 60.8 Å². The fraction of sp³-hybridized carbons (Fsp3) is 0. The number of fused-ring (bicyclic) bond motifs is 2. The van der Waals surface area contributed by atoms with Crippen molar-refractivity contribution in [3.63, 3.8) is 0 Å². The molecule has 0 aliphatic carbocycles. The molecule has 0 amide bonds. The molecule has 0 saturated carbocycles. The number of hydrogen-bond acceptors (Lipinski definition) is 4. The SMILES string of the molecule is c1ccc2nnc(-c3ccc4cccnc4n3)cc2c1. The van der Waals surface area contributed by atoms with Gasteiger partial charge in [-0.3, -0.25) is 0 Å². The average molecular weight is 258 g/mol. The molecular weight excluding hydrogens is 248 g/mol. The van der Waals surface area contributed by atoms with Crippen molar-refractivity contribution in [2.45, 2.75) is 0 Å². The molecule has 0 N–H and O–H groups in total. The standard InChI is InChI=1S/C16H10N4/c1-2-6-13-12(4-1)10-15(20-19-13)14-8-7-11-5-3-9-17-16(11)18-14/h1-10H. The first-order chi connectivity index (χ1) is 9.90. The molecule has 94 valence electrons. The molecular formula is C16H10N4. The van der Waals surface area contributed by atoms with Gasteiger partial charge < -0.3 is 0 Å². The van der Waals surface area contributed by atoms with Crippen molar-refractivity contribution >= 4 is 21.9 Å². The molecule has 4 heteroatoms. The maximum absolute atomic E-state index is 4.54. The van der Waals surface area contributed by atoms with Crippen LogP contribution in [0.5, 0.6) is 0 Å². The number of pyridine rings is 2. The topological polar surface area (TPSA) is 51.6 Å². The van der Waals surface area contributed by atoms with Gasteiger partial charge in [-0.05, 0) is 36.4 Å². The Balaban J connectivity index is 1.91. The van der Waals surface area contributed by atoms with Crippen molar-refractivity contribution in [2.75, 3.05) is 0 Å². The van der Waals surface area contributed by atoms with Crippen LogP contribution < -0.4 is 0 Å². The maximum atomic E-state index is 4.54. The summed E-state index contributed by atoms with van der Waals surface area (Å²) in [4.78, 5) is 8.81. The number of rotatable bonds is 1. The molecule has 0 radical (unpaired) electrons. The summed E-state index contributed by atoms with van der Waals surface area (Å²) in [7, 11) is 0. The van der Waals surface area contributed by atoms with Gasteiger partial charge in [0, 0.05) is 17.0 Å². The molecule has 0 spiro atoms. The van der Waals surface area contributed by atoms with Gasteiger partial charge in [-0.1, -0.05) is 18.2 Å². The van der Waals surface area contributed by atoms with Gasteiger partial charge in [-0.2, -0.15) is 0 Å². The molecule has 0 atom stereocenters. The maximum Gasteiger partial charge on any atom is 0.159 e. The highest BCUT2D eigenvalue weighted by Crippen LogP contribution is 2.20. The summed E-state index contributed by atoms with van der Waals surface area (Å²) < 4.78 is 0. The second kappa shape index (κ2) is 4.35. The highest BCUT2D eigenvalue weighted by atomic mass is 15.1. The van der Waals surface area contributed by atoms with Gasteiger partial charge in [0.25, 0.3) is 0 Å². The minimum Gasteiger partial charge on any atom is -0.237 e. The Morgan fingerprint density at radius 1 is 0.700 bits per heavy atom. The zero-order chi connectivity index (χ0) is 13.4. The molecule has 1 aromatic carbocycles. The molecule has 0 fully saturated rings. The Labute approximate surface area is 115 Å². The average Bonchev–Trinajstić information content (AvgIpc) is 2.54. The molecule has 0 saturated heterocycles. The van der Waals surface area contributed by atoms with Crippen molar-refractivity contribution in [2.24, 2.45) is 0 Å². The van der Waals surface area contributed by atoms with E-state index < -0.39 is 0 Å². The highest BCUT2D eigenvalue weighted by Gasteiger charge is 2.05. The molecule has 4 rings (SSSR count). The Bertz CT molecular complexity index is 841. The smallest absolute Gasteiger partial charge is 0.159 e. The predicted molar refractivity (Wildman–Crippen MR) is 78.1 cm³/mol. The van der Waals surface area contributed by atoms with E-state index in [2.05, 4.69) is 20.2 Å². The van der Waals surface area contributed by atoms with Gasteiger partial charge in [0.1, 0.15) is 5.69 Å². The van der Waals surface area contributed by atoms with E-state index in [4.69, 9.17) is 0 Å². The predicted octanol–water partition coefficient (Wildman–Crippen LogP) is 3.24. The third-order valence-corrected chi connectivity index (χ3v) is 3.22. The summed E-state index contributed by atoms with van der Waals surface area (Å²) in [5, 5.41) is 10.5. The van der Waals surface area contributed by atoms with E-state index in [1.165, 1.54) is 0 Å². The number of benzene rings is 1. The fourth-order valence-corrected chi connectivity index (χ4v) is 2.21. The molecule has 20 heavy (non-hydrogen) atoms. The van der Waals surface area contributed by atoms with Gasteiger partial charge in [0.2, 0.25) is 0 Å². The molecule has 4 aromatic rings. The van der Waals surface area contributed by atoms with Gasteiger partial charge in [-0.15, -0.1) is 10.2 Å². The third kappa shape index (κ3) is 1.78. The van der Waals surface area contributed by atoms with Gasteiger partial charge in [0.15, 0.2) is 5.65 Å². The first-order valence-electron chi connectivity index (χ1n) is 6.35. The lowest BCUT2D eigenvalue weighted by molar-refractivity contribution is 1.07. The summed E-state index contributed by atoms with van der Waals surface area (Å²) in [6.07, 6.45) is 1.74. The summed E-state index contributed by atoms with van der Waals surface area (Å²) in [6, 6.07) is 17.8. The largest absolute Gasteiger partial charge is 0.237 e. The van der Waals surface area contributed by atoms with Crippen molar-refractivity contribution in [1.82, 2.24) is 20.2 Å². The summed E-state index contributed by atoms with van der Waals surface area (Å²) in [5.41, 5.74) is 3.15. The van der Waals surface area contributed by atoms with Crippen LogP contribution in [0.4, 0.5) is 0 Å². The summed E-state index contributed by atoms with van der Waals surface area (Å²) in [6.45, 7) is 0. The lowest BCUT2D eigenvalue weighted by Crippen LogP contribution is -1.92. The highest BCUT2D eigenvalue weighted by molar-refractivity contribution is 5.82. The zero-order valence-electron chi connectivity index (χ0n) is 10.6. The zero-order valence-corrected chi connectivity index (χ0v) is 10.6. The minimum absolute atomic E-state index is 0.722. The molecule has 4 nitrogen and oxygen atoms in total. The molecule has 3 heterocycles. The quantitative estimate of drug-likeness (QED) is 0.526. The van der Waals surface area contributed by atoms with E-state index in [1.807, 2.05) is 54.6 Å². The fourth-order valence-electron chi connectivity index (χ4n) is 2.21. The van der Waals surface area contributed by atoms with Crippen molar-refractivity contribution in [3.05, 3.63) is 60.8 Å². The Morgan fingerprint density at radius 2 is 1.60 bits per heavy atom. The molecule has 0 aliphatic heterocycles. The van der Waals surface area contributed by atoms with E-state index in [1.54, 1.807) is 6.20 Å². The first-order valence-corrected chi connectivity index (χ1v) is 6.35. The number of nitrogens with zero attached hydrogens (tertiary/aromatic N) is 4. The van der Waals surface area contributed by atoms with Crippen LogP contribution in [-0.4, -0.2) is 20.2 Å². The first kappa shape index (κ1) is 11.0. The second-order valence-electron chi connectivity index (χ2n) is 4.54. The van der Waals surface area contributed by atoms with Crippen molar-refractivity contribution in [1.29, 1.82) is 0 Å². The molecule has 0 bridgehead atoms. The van der Waals surface area contributed by atoms with E-state index in [0.717, 1.165) is 33.3 Å².